The lowest BCUT2D eigenvalue weighted by Crippen LogP contribution is -2.68. The number of fused-ring (bicyclic) bond motifs is 4. The fourth-order valence-electron chi connectivity index (χ4n) is 6.67. The molecule has 3 aliphatic rings. The number of urea groups is 1. The van der Waals surface area contributed by atoms with E-state index in [1.54, 1.807) is 67.8 Å². The number of aromatic nitrogens is 1. The summed E-state index contributed by atoms with van der Waals surface area (Å²) in [5.74, 6) is 0.141. The second-order valence-corrected chi connectivity index (χ2v) is 11.1. The van der Waals surface area contributed by atoms with Crippen LogP contribution in [0.25, 0.3) is 0 Å². The molecule has 41 heavy (non-hydrogen) atoms. The highest BCUT2D eigenvalue weighted by Crippen LogP contribution is 2.40. The quantitative estimate of drug-likeness (QED) is 0.446. The Labute approximate surface area is 237 Å². The van der Waals surface area contributed by atoms with Crippen molar-refractivity contribution in [2.24, 2.45) is 11.3 Å². The SMILES string of the molecule is COc1ccc(C[C@]2(CN3C[C@@H]4C[C@@H](C3)c3cccc(=O)n3C4)C(=O)NC(=O)N(c3ccccc3)C2=O)c(OC)c1. The molecular formula is C31H32N4O6. The standard InChI is InChI=1S/C31H32N4O6/c1-40-24-12-11-21(26(14-24)41-2)15-31(28(37)32-30(39)35(29(31)38)23-7-4-3-5-8-23)19-33-16-20-13-22(18-33)25-9-6-10-27(36)34(25)17-20/h3-12,14,20,22H,13,15-19H2,1-2H3,(H,32,37,39)/t20-,22-,31-/m0/s1. The van der Waals surface area contributed by atoms with E-state index in [1.807, 2.05) is 10.6 Å². The van der Waals surface area contributed by atoms with Gasteiger partial charge in [0.2, 0.25) is 5.91 Å². The van der Waals surface area contributed by atoms with Crippen LogP contribution in [-0.2, 0) is 22.6 Å². The summed E-state index contributed by atoms with van der Waals surface area (Å²) in [4.78, 5) is 57.2. The first kappa shape index (κ1) is 26.8. The van der Waals surface area contributed by atoms with Crippen molar-refractivity contribution in [2.75, 3.05) is 38.8 Å². The average Bonchev–Trinajstić information content (AvgIpc) is 2.97. The van der Waals surface area contributed by atoms with Gasteiger partial charge in [-0.15, -0.1) is 0 Å². The van der Waals surface area contributed by atoms with Crippen LogP contribution in [0.4, 0.5) is 10.5 Å². The summed E-state index contributed by atoms with van der Waals surface area (Å²) in [6.45, 7) is 1.91. The van der Waals surface area contributed by atoms with Gasteiger partial charge < -0.3 is 18.9 Å². The van der Waals surface area contributed by atoms with Crippen molar-refractivity contribution in [3.8, 4) is 11.5 Å². The number of barbiturate groups is 1. The lowest BCUT2D eigenvalue weighted by molar-refractivity contribution is -0.144. The molecule has 6 rings (SSSR count). The molecule has 3 aliphatic heterocycles. The molecule has 3 aromatic rings. The number of anilines is 1. The third kappa shape index (κ3) is 4.67. The van der Waals surface area contributed by atoms with Crippen LogP contribution in [0.5, 0.6) is 11.5 Å². The topological polar surface area (TPSA) is 110 Å². The summed E-state index contributed by atoms with van der Waals surface area (Å²) < 4.78 is 12.8. The molecule has 2 aromatic carbocycles. The van der Waals surface area contributed by atoms with Crippen LogP contribution in [0.15, 0.2) is 71.5 Å². The van der Waals surface area contributed by atoms with Gasteiger partial charge in [0, 0.05) is 56.3 Å². The molecular weight excluding hydrogens is 524 g/mol. The van der Waals surface area contributed by atoms with Gasteiger partial charge in [0.25, 0.3) is 11.5 Å². The number of imide groups is 2. The number of amides is 4. The van der Waals surface area contributed by atoms with Crippen LogP contribution in [0.3, 0.4) is 0 Å². The van der Waals surface area contributed by atoms with E-state index in [-0.39, 0.29) is 30.4 Å². The van der Waals surface area contributed by atoms with Crippen molar-refractivity contribution in [3.63, 3.8) is 0 Å². The summed E-state index contributed by atoms with van der Waals surface area (Å²) in [6.07, 6.45) is 0.956. The van der Waals surface area contributed by atoms with Crippen molar-refractivity contribution in [1.29, 1.82) is 0 Å². The first-order valence-corrected chi connectivity index (χ1v) is 13.7. The van der Waals surface area contributed by atoms with Gasteiger partial charge in [-0.3, -0.25) is 19.7 Å². The average molecular weight is 557 g/mol. The first-order chi connectivity index (χ1) is 19.8. The van der Waals surface area contributed by atoms with E-state index in [2.05, 4.69) is 10.2 Å². The second-order valence-electron chi connectivity index (χ2n) is 11.1. The van der Waals surface area contributed by atoms with Gasteiger partial charge in [-0.1, -0.05) is 30.3 Å². The summed E-state index contributed by atoms with van der Waals surface area (Å²) in [5.41, 5.74) is 0.385. The van der Waals surface area contributed by atoms with E-state index < -0.39 is 23.3 Å². The molecule has 0 spiro atoms. The Morgan fingerprint density at radius 1 is 0.902 bits per heavy atom. The molecule has 0 saturated carbocycles. The number of para-hydroxylation sites is 1. The maximum Gasteiger partial charge on any atom is 0.335 e. The van der Waals surface area contributed by atoms with Crippen molar-refractivity contribution in [2.45, 2.75) is 25.3 Å². The van der Waals surface area contributed by atoms with E-state index >= 15 is 0 Å². The number of nitrogens with zero attached hydrogens (tertiary/aromatic N) is 3. The zero-order chi connectivity index (χ0) is 28.7. The molecule has 2 fully saturated rings. The number of hydrogen-bond acceptors (Lipinski definition) is 7. The molecule has 1 N–H and O–H groups in total. The van der Waals surface area contributed by atoms with Crippen LogP contribution < -0.4 is 25.2 Å². The van der Waals surface area contributed by atoms with Gasteiger partial charge in [0.15, 0.2) is 0 Å². The number of carbonyl (C=O) groups is 3. The highest BCUT2D eigenvalue weighted by atomic mass is 16.5. The Bertz CT molecular complexity index is 1570. The molecule has 3 atom stereocenters. The van der Waals surface area contributed by atoms with Gasteiger partial charge in [-0.25, -0.2) is 9.69 Å². The molecule has 212 valence electrons. The lowest BCUT2D eigenvalue weighted by atomic mass is 9.75. The van der Waals surface area contributed by atoms with Gasteiger partial charge in [-0.2, -0.15) is 0 Å². The Morgan fingerprint density at radius 2 is 1.71 bits per heavy atom. The second kappa shape index (κ2) is 10.5. The largest absolute Gasteiger partial charge is 0.497 e. The van der Waals surface area contributed by atoms with Crippen molar-refractivity contribution < 1.29 is 23.9 Å². The van der Waals surface area contributed by atoms with E-state index in [1.165, 1.54) is 7.11 Å². The number of piperidine rings is 1. The number of methoxy groups -OCH3 is 2. The molecule has 0 aliphatic carbocycles. The van der Waals surface area contributed by atoms with E-state index in [0.717, 1.165) is 17.0 Å². The zero-order valence-electron chi connectivity index (χ0n) is 23.0. The molecule has 4 heterocycles. The minimum atomic E-state index is -1.62. The van der Waals surface area contributed by atoms with Crippen LogP contribution >= 0.6 is 0 Å². The van der Waals surface area contributed by atoms with Crippen LogP contribution in [0.2, 0.25) is 0 Å². The maximum atomic E-state index is 14.5. The van der Waals surface area contributed by atoms with E-state index in [0.29, 0.717) is 42.4 Å². The number of hydrogen-bond donors (Lipinski definition) is 1. The summed E-state index contributed by atoms with van der Waals surface area (Å²) in [7, 11) is 3.08. The van der Waals surface area contributed by atoms with E-state index in [4.69, 9.17) is 9.47 Å². The van der Waals surface area contributed by atoms with Crippen molar-refractivity contribution >= 4 is 23.5 Å². The highest BCUT2D eigenvalue weighted by Gasteiger charge is 2.56. The lowest BCUT2D eigenvalue weighted by Gasteiger charge is -2.47. The van der Waals surface area contributed by atoms with E-state index in [9.17, 15) is 19.2 Å². The van der Waals surface area contributed by atoms with Crippen LogP contribution in [-0.4, -0.2) is 61.2 Å². The molecule has 10 heteroatoms. The fourth-order valence-corrected chi connectivity index (χ4v) is 6.67. The Balaban J connectivity index is 1.41. The molecule has 4 amide bonds. The molecule has 10 nitrogen and oxygen atoms in total. The number of carbonyl (C=O) groups excluding carboxylic acids is 3. The summed E-state index contributed by atoms with van der Waals surface area (Å²) >= 11 is 0. The first-order valence-electron chi connectivity index (χ1n) is 13.7. The predicted molar refractivity (Wildman–Crippen MR) is 151 cm³/mol. The van der Waals surface area contributed by atoms with Gasteiger partial charge >= 0.3 is 6.03 Å². The highest BCUT2D eigenvalue weighted by molar-refractivity contribution is 6.30. The third-order valence-electron chi connectivity index (χ3n) is 8.52. The molecule has 0 radical (unpaired) electrons. The summed E-state index contributed by atoms with van der Waals surface area (Å²) in [6, 6.07) is 18.5. The Kier molecular flexibility index (Phi) is 6.86. The number of ether oxygens (including phenoxy) is 2. The fraction of sp³-hybridized carbons (Fsp3) is 0.355. The van der Waals surface area contributed by atoms with Gasteiger partial charge in [-0.05, 0) is 42.2 Å². The molecule has 2 saturated heterocycles. The normalized spacial score (nSPS) is 24.0. The Morgan fingerprint density at radius 3 is 2.46 bits per heavy atom. The Hall–Kier alpha value is -4.44. The molecule has 1 aromatic heterocycles. The van der Waals surface area contributed by atoms with Crippen molar-refractivity contribution in [1.82, 2.24) is 14.8 Å². The minimum Gasteiger partial charge on any atom is -0.497 e. The monoisotopic (exact) mass is 556 g/mol. The number of nitrogens with one attached hydrogen (secondary N) is 1. The number of pyridine rings is 1. The zero-order valence-corrected chi connectivity index (χ0v) is 23.0. The number of benzene rings is 2. The number of likely N-dealkylation sites (tertiary alicyclic amines) is 1. The smallest absolute Gasteiger partial charge is 0.335 e. The molecule has 2 bridgehead atoms. The minimum absolute atomic E-state index is 0.00688. The predicted octanol–water partition coefficient (Wildman–Crippen LogP) is 2.80. The number of rotatable bonds is 7. The van der Waals surface area contributed by atoms with Gasteiger partial charge in [0.1, 0.15) is 16.9 Å². The van der Waals surface area contributed by atoms with Crippen LogP contribution in [0, 0.1) is 11.3 Å². The van der Waals surface area contributed by atoms with Crippen molar-refractivity contribution in [3.05, 3.63) is 88.3 Å². The summed E-state index contributed by atoms with van der Waals surface area (Å²) in [5, 5.41) is 2.48. The molecule has 0 unspecified atom stereocenters. The van der Waals surface area contributed by atoms with Crippen LogP contribution in [0.1, 0.15) is 23.6 Å². The maximum absolute atomic E-state index is 14.5. The third-order valence-corrected chi connectivity index (χ3v) is 8.52. The van der Waals surface area contributed by atoms with Gasteiger partial charge in [0.05, 0.1) is 19.9 Å².